The molecule has 0 radical (unpaired) electrons. The second-order valence-corrected chi connectivity index (χ2v) is 4.35. The van der Waals surface area contributed by atoms with Crippen LogP contribution >= 0.6 is 31.9 Å². The van der Waals surface area contributed by atoms with Crippen LogP contribution in [0, 0.1) is 18.8 Å². The Morgan fingerprint density at radius 1 is 1.38 bits per heavy atom. The van der Waals surface area contributed by atoms with Crippen LogP contribution in [-0.4, -0.2) is 5.33 Å². The van der Waals surface area contributed by atoms with Crippen molar-refractivity contribution in [3.63, 3.8) is 0 Å². The number of hydrogen-bond acceptors (Lipinski definition) is 0. The number of rotatable bonds is 1. The zero-order valence-electron chi connectivity index (χ0n) is 7.40. The summed E-state index contributed by atoms with van der Waals surface area (Å²) in [6.45, 7) is 2.07. The molecule has 0 saturated heterocycles. The first-order valence-corrected chi connectivity index (χ1v) is 5.96. The van der Waals surface area contributed by atoms with Crippen molar-refractivity contribution >= 4 is 31.9 Å². The molecule has 0 saturated carbocycles. The molecular weight excluding hydrogens is 292 g/mol. The molecule has 0 amide bonds. The maximum absolute atomic E-state index is 3.48. The van der Waals surface area contributed by atoms with Crippen LogP contribution in [-0.2, 0) is 0 Å². The van der Waals surface area contributed by atoms with Crippen LogP contribution in [0.25, 0.3) is 0 Å². The van der Waals surface area contributed by atoms with Crippen LogP contribution in [0.15, 0.2) is 22.7 Å². The largest absolute Gasteiger partial charge is 0.0970 e. The monoisotopic (exact) mass is 300 g/mol. The average molecular weight is 302 g/mol. The average Bonchev–Trinajstić information content (AvgIpc) is 2.12. The number of alkyl halides is 1. The Bertz CT molecular complexity index is 345. The molecule has 0 unspecified atom stereocenters. The minimum Gasteiger partial charge on any atom is -0.0970 e. The van der Waals surface area contributed by atoms with Crippen LogP contribution in [0.1, 0.15) is 17.5 Å². The number of halogens is 2. The SMILES string of the molecule is Cc1ccc(C#CCCBr)cc1Br. The van der Waals surface area contributed by atoms with Crippen LogP contribution in [0.3, 0.4) is 0 Å². The van der Waals surface area contributed by atoms with E-state index < -0.39 is 0 Å². The molecule has 0 spiro atoms. The second kappa shape index (κ2) is 5.47. The molecule has 1 aromatic carbocycles. The van der Waals surface area contributed by atoms with Gasteiger partial charge in [-0.1, -0.05) is 49.8 Å². The Kier molecular flexibility index (Phi) is 4.55. The quantitative estimate of drug-likeness (QED) is 0.545. The molecule has 1 rings (SSSR count). The second-order valence-electron chi connectivity index (χ2n) is 2.70. The summed E-state index contributed by atoms with van der Waals surface area (Å²) in [4.78, 5) is 0. The fourth-order valence-electron chi connectivity index (χ4n) is 0.882. The first kappa shape index (κ1) is 10.8. The van der Waals surface area contributed by atoms with Crippen molar-refractivity contribution in [3.8, 4) is 11.8 Å². The molecule has 0 N–H and O–H groups in total. The van der Waals surface area contributed by atoms with Gasteiger partial charge in [0.05, 0.1) is 0 Å². The molecule has 0 bridgehead atoms. The van der Waals surface area contributed by atoms with Gasteiger partial charge in [-0.15, -0.1) is 0 Å². The molecule has 0 atom stereocenters. The third kappa shape index (κ3) is 3.54. The Hall–Kier alpha value is -0.260. The van der Waals surface area contributed by atoms with E-state index in [1.807, 2.05) is 6.07 Å². The van der Waals surface area contributed by atoms with Crippen molar-refractivity contribution in [3.05, 3.63) is 33.8 Å². The highest BCUT2D eigenvalue weighted by atomic mass is 79.9. The fourth-order valence-corrected chi connectivity index (χ4v) is 1.46. The van der Waals surface area contributed by atoms with Gasteiger partial charge in [-0.3, -0.25) is 0 Å². The van der Waals surface area contributed by atoms with Crippen LogP contribution in [0.2, 0.25) is 0 Å². The summed E-state index contributed by atoms with van der Waals surface area (Å²) in [5.74, 6) is 6.18. The standard InChI is InChI=1S/C11H10Br2/c1-9-5-6-10(8-11(9)13)4-2-3-7-12/h5-6,8H,3,7H2,1H3. The maximum atomic E-state index is 3.48. The van der Waals surface area contributed by atoms with Gasteiger partial charge in [0.25, 0.3) is 0 Å². The van der Waals surface area contributed by atoms with Crippen LogP contribution < -0.4 is 0 Å². The fraction of sp³-hybridized carbons (Fsp3) is 0.273. The third-order valence-corrected chi connectivity index (χ3v) is 2.87. The van der Waals surface area contributed by atoms with Crippen molar-refractivity contribution in [2.75, 3.05) is 5.33 Å². The minimum absolute atomic E-state index is 0.894. The summed E-state index contributed by atoms with van der Waals surface area (Å²) < 4.78 is 1.12. The maximum Gasteiger partial charge on any atom is 0.0256 e. The molecule has 0 aliphatic rings. The molecule has 0 aromatic heterocycles. The van der Waals surface area contributed by atoms with Gasteiger partial charge in [0.15, 0.2) is 0 Å². The first-order valence-electron chi connectivity index (χ1n) is 4.05. The predicted molar refractivity (Wildman–Crippen MR) is 64.2 cm³/mol. The van der Waals surface area contributed by atoms with Gasteiger partial charge in [-0.25, -0.2) is 0 Å². The lowest BCUT2D eigenvalue weighted by molar-refractivity contribution is 1.32. The first-order chi connectivity index (χ1) is 6.24. The van der Waals surface area contributed by atoms with E-state index in [2.05, 4.69) is 62.8 Å². The molecule has 0 heterocycles. The van der Waals surface area contributed by atoms with Gasteiger partial charge >= 0.3 is 0 Å². The highest BCUT2D eigenvalue weighted by Gasteiger charge is 1.93. The molecule has 2 heteroatoms. The summed E-state index contributed by atoms with van der Waals surface area (Å²) in [6.07, 6.45) is 0.894. The molecule has 68 valence electrons. The van der Waals surface area contributed by atoms with Gasteiger partial charge in [-0.2, -0.15) is 0 Å². The topological polar surface area (TPSA) is 0 Å². The lowest BCUT2D eigenvalue weighted by atomic mass is 10.1. The van der Waals surface area contributed by atoms with Crippen molar-refractivity contribution in [2.24, 2.45) is 0 Å². The van der Waals surface area contributed by atoms with Gasteiger partial charge in [-0.05, 0) is 24.6 Å². The molecule has 1 aromatic rings. The summed E-state index contributed by atoms with van der Waals surface area (Å²) in [6, 6.07) is 6.17. The van der Waals surface area contributed by atoms with Crippen molar-refractivity contribution < 1.29 is 0 Å². The Balaban J connectivity index is 2.81. The van der Waals surface area contributed by atoms with E-state index in [-0.39, 0.29) is 0 Å². The van der Waals surface area contributed by atoms with Crippen LogP contribution in [0.5, 0.6) is 0 Å². The summed E-state index contributed by atoms with van der Waals surface area (Å²) in [7, 11) is 0. The van der Waals surface area contributed by atoms with Gasteiger partial charge in [0, 0.05) is 21.8 Å². The highest BCUT2D eigenvalue weighted by molar-refractivity contribution is 9.10. The Labute approximate surface area is 96.0 Å². The minimum atomic E-state index is 0.894. The molecule has 0 aliphatic heterocycles. The summed E-state index contributed by atoms with van der Waals surface area (Å²) in [5, 5.41) is 0.938. The molecule has 0 fully saturated rings. The van der Waals surface area contributed by atoms with Gasteiger partial charge < -0.3 is 0 Å². The van der Waals surface area contributed by atoms with E-state index in [0.29, 0.717) is 0 Å². The number of hydrogen-bond donors (Lipinski definition) is 0. The Morgan fingerprint density at radius 2 is 2.15 bits per heavy atom. The van der Waals surface area contributed by atoms with E-state index in [1.54, 1.807) is 0 Å². The smallest absolute Gasteiger partial charge is 0.0256 e. The van der Waals surface area contributed by atoms with Crippen LogP contribution in [0.4, 0.5) is 0 Å². The zero-order chi connectivity index (χ0) is 9.68. The van der Waals surface area contributed by atoms with E-state index in [0.717, 1.165) is 21.8 Å². The van der Waals surface area contributed by atoms with E-state index >= 15 is 0 Å². The normalized spacial score (nSPS) is 9.15. The molecule has 13 heavy (non-hydrogen) atoms. The van der Waals surface area contributed by atoms with E-state index in [1.165, 1.54) is 5.56 Å². The molecular formula is C11H10Br2. The third-order valence-electron chi connectivity index (χ3n) is 1.62. The number of aryl methyl sites for hydroxylation is 1. The van der Waals surface area contributed by atoms with Gasteiger partial charge in [0.2, 0.25) is 0 Å². The van der Waals surface area contributed by atoms with E-state index in [9.17, 15) is 0 Å². The molecule has 0 aliphatic carbocycles. The summed E-state index contributed by atoms with van der Waals surface area (Å²) in [5.41, 5.74) is 2.31. The van der Waals surface area contributed by atoms with Crippen molar-refractivity contribution in [2.45, 2.75) is 13.3 Å². The van der Waals surface area contributed by atoms with Crippen molar-refractivity contribution in [1.29, 1.82) is 0 Å². The lowest BCUT2D eigenvalue weighted by Crippen LogP contribution is -1.78. The highest BCUT2D eigenvalue weighted by Crippen LogP contribution is 2.16. The van der Waals surface area contributed by atoms with Gasteiger partial charge in [0.1, 0.15) is 0 Å². The predicted octanol–water partition coefficient (Wildman–Crippen LogP) is 3.89. The Morgan fingerprint density at radius 3 is 2.77 bits per heavy atom. The van der Waals surface area contributed by atoms with Crippen molar-refractivity contribution in [1.82, 2.24) is 0 Å². The zero-order valence-corrected chi connectivity index (χ0v) is 10.6. The number of benzene rings is 1. The summed E-state index contributed by atoms with van der Waals surface area (Å²) >= 11 is 6.82. The van der Waals surface area contributed by atoms with E-state index in [4.69, 9.17) is 0 Å². The molecule has 0 nitrogen and oxygen atoms in total. The lowest BCUT2D eigenvalue weighted by Gasteiger charge is -1.96.